The molecule has 26 heavy (non-hydrogen) atoms. The average molecular weight is 358 g/mol. The average Bonchev–Trinajstić information content (AvgIpc) is 3.04. The van der Waals surface area contributed by atoms with E-state index in [2.05, 4.69) is 5.32 Å². The first kappa shape index (κ1) is 18.8. The van der Waals surface area contributed by atoms with Crippen LogP contribution in [0.1, 0.15) is 67.7 Å². The summed E-state index contributed by atoms with van der Waals surface area (Å²) in [5, 5.41) is 2.91. The number of carbonyl (C=O) groups is 2. The molecule has 142 valence electrons. The zero-order chi connectivity index (χ0) is 18.7. The SMILES string of the molecule is CCCNC(=O)Cc1c(C)nc(C2CCN(C(=O)C3CCC3)C2)nc1C. The van der Waals surface area contributed by atoms with Crippen molar-refractivity contribution >= 4 is 11.8 Å². The summed E-state index contributed by atoms with van der Waals surface area (Å²) in [5.74, 6) is 1.62. The van der Waals surface area contributed by atoms with Gasteiger partial charge in [0.25, 0.3) is 0 Å². The van der Waals surface area contributed by atoms with Crippen molar-refractivity contribution in [3.63, 3.8) is 0 Å². The predicted molar refractivity (Wildman–Crippen MR) is 99.8 cm³/mol. The number of nitrogens with zero attached hydrogens (tertiary/aromatic N) is 3. The monoisotopic (exact) mass is 358 g/mol. The van der Waals surface area contributed by atoms with Crippen molar-refractivity contribution in [3.05, 3.63) is 22.8 Å². The highest BCUT2D eigenvalue weighted by atomic mass is 16.2. The highest BCUT2D eigenvalue weighted by Gasteiger charge is 2.35. The molecule has 1 saturated heterocycles. The van der Waals surface area contributed by atoms with Gasteiger partial charge in [0.1, 0.15) is 5.82 Å². The minimum Gasteiger partial charge on any atom is -0.356 e. The first-order valence-electron chi connectivity index (χ1n) is 9.89. The summed E-state index contributed by atoms with van der Waals surface area (Å²) in [5.41, 5.74) is 2.67. The van der Waals surface area contributed by atoms with E-state index in [1.807, 2.05) is 25.7 Å². The van der Waals surface area contributed by atoms with Crippen molar-refractivity contribution in [2.45, 2.75) is 65.2 Å². The Kier molecular flexibility index (Phi) is 5.89. The lowest BCUT2D eigenvalue weighted by Crippen LogP contribution is -2.37. The largest absolute Gasteiger partial charge is 0.356 e. The molecule has 1 N–H and O–H groups in total. The fourth-order valence-electron chi connectivity index (χ4n) is 3.78. The molecule has 1 aliphatic carbocycles. The van der Waals surface area contributed by atoms with E-state index >= 15 is 0 Å². The lowest BCUT2D eigenvalue weighted by atomic mass is 9.84. The lowest BCUT2D eigenvalue weighted by molar-refractivity contribution is -0.137. The van der Waals surface area contributed by atoms with Crippen LogP contribution in [0.25, 0.3) is 0 Å². The zero-order valence-electron chi connectivity index (χ0n) is 16.2. The number of aryl methyl sites for hydroxylation is 2. The van der Waals surface area contributed by atoms with Gasteiger partial charge in [0.2, 0.25) is 11.8 Å². The molecule has 0 radical (unpaired) electrons. The van der Waals surface area contributed by atoms with Gasteiger partial charge in [-0.25, -0.2) is 9.97 Å². The molecule has 1 aromatic rings. The quantitative estimate of drug-likeness (QED) is 0.846. The van der Waals surface area contributed by atoms with Gasteiger partial charge in [0, 0.05) is 48.4 Å². The van der Waals surface area contributed by atoms with Crippen LogP contribution in [0.3, 0.4) is 0 Å². The van der Waals surface area contributed by atoms with Crippen LogP contribution in [-0.4, -0.2) is 46.3 Å². The minimum absolute atomic E-state index is 0.0209. The van der Waals surface area contributed by atoms with Crippen LogP contribution >= 0.6 is 0 Å². The Labute approximate surface area is 155 Å². The molecule has 6 heteroatoms. The maximum atomic E-state index is 12.4. The molecule has 0 aromatic carbocycles. The number of rotatable bonds is 6. The Morgan fingerprint density at radius 2 is 1.85 bits per heavy atom. The number of carbonyl (C=O) groups excluding carboxylic acids is 2. The fourth-order valence-corrected chi connectivity index (χ4v) is 3.78. The first-order chi connectivity index (χ1) is 12.5. The summed E-state index contributed by atoms with van der Waals surface area (Å²) in [6.07, 6.45) is 5.45. The van der Waals surface area contributed by atoms with E-state index in [1.165, 1.54) is 6.42 Å². The first-order valence-corrected chi connectivity index (χ1v) is 9.89. The van der Waals surface area contributed by atoms with Gasteiger partial charge >= 0.3 is 0 Å². The van der Waals surface area contributed by atoms with E-state index in [0.717, 1.165) is 61.5 Å². The fraction of sp³-hybridized carbons (Fsp3) is 0.700. The van der Waals surface area contributed by atoms with Crippen molar-refractivity contribution in [2.75, 3.05) is 19.6 Å². The third-order valence-corrected chi connectivity index (χ3v) is 5.67. The second-order valence-electron chi connectivity index (χ2n) is 7.66. The third-order valence-electron chi connectivity index (χ3n) is 5.67. The molecule has 1 saturated carbocycles. The molecule has 0 spiro atoms. The topological polar surface area (TPSA) is 75.2 Å². The molecule has 6 nitrogen and oxygen atoms in total. The predicted octanol–water partition coefficient (Wildman–Crippen LogP) is 2.28. The molecule has 2 amide bonds. The standard InChI is InChI=1S/C20H30N4O2/c1-4-9-21-18(25)11-17-13(2)22-19(23-14(17)3)16-8-10-24(12-16)20(26)15-6-5-7-15/h15-16H,4-12H2,1-3H3,(H,21,25). The van der Waals surface area contributed by atoms with E-state index in [0.29, 0.717) is 18.9 Å². The summed E-state index contributed by atoms with van der Waals surface area (Å²) >= 11 is 0. The molecule has 2 heterocycles. The molecule has 2 aliphatic rings. The van der Waals surface area contributed by atoms with Crippen molar-refractivity contribution < 1.29 is 9.59 Å². The van der Waals surface area contributed by atoms with Crippen molar-refractivity contribution in [1.29, 1.82) is 0 Å². The van der Waals surface area contributed by atoms with Gasteiger partial charge in [-0.15, -0.1) is 0 Å². The molecule has 1 unspecified atom stereocenters. The zero-order valence-corrected chi connectivity index (χ0v) is 16.2. The molecule has 1 aliphatic heterocycles. The van der Waals surface area contributed by atoms with Crippen molar-refractivity contribution in [2.24, 2.45) is 5.92 Å². The van der Waals surface area contributed by atoms with Crippen LogP contribution in [-0.2, 0) is 16.0 Å². The van der Waals surface area contributed by atoms with Gasteiger partial charge in [-0.1, -0.05) is 13.3 Å². The van der Waals surface area contributed by atoms with Gasteiger partial charge in [0.05, 0.1) is 6.42 Å². The van der Waals surface area contributed by atoms with Crippen LogP contribution in [0.2, 0.25) is 0 Å². The molecule has 3 rings (SSSR count). The normalized spacial score (nSPS) is 20.1. The summed E-state index contributed by atoms with van der Waals surface area (Å²) in [4.78, 5) is 35.8. The molecule has 2 fully saturated rings. The third kappa shape index (κ3) is 4.05. The number of hydrogen-bond donors (Lipinski definition) is 1. The van der Waals surface area contributed by atoms with Gasteiger partial charge in [-0.2, -0.15) is 0 Å². The van der Waals surface area contributed by atoms with Gasteiger partial charge < -0.3 is 10.2 Å². The Balaban J connectivity index is 1.66. The Bertz CT molecular complexity index is 661. The van der Waals surface area contributed by atoms with Crippen LogP contribution in [0, 0.1) is 19.8 Å². The second-order valence-corrected chi connectivity index (χ2v) is 7.66. The molecular formula is C20H30N4O2. The smallest absolute Gasteiger partial charge is 0.225 e. The lowest BCUT2D eigenvalue weighted by Gasteiger charge is -2.29. The van der Waals surface area contributed by atoms with Crippen LogP contribution in [0.5, 0.6) is 0 Å². The van der Waals surface area contributed by atoms with Crippen molar-refractivity contribution in [1.82, 2.24) is 20.2 Å². The maximum Gasteiger partial charge on any atom is 0.225 e. The summed E-state index contributed by atoms with van der Waals surface area (Å²) < 4.78 is 0. The molecule has 0 bridgehead atoms. The van der Waals surface area contributed by atoms with E-state index in [4.69, 9.17) is 9.97 Å². The maximum absolute atomic E-state index is 12.4. The van der Waals surface area contributed by atoms with E-state index in [9.17, 15) is 9.59 Å². The van der Waals surface area contributed by atoms with Crippen LogP contribution in [0.15, 0.2) is 0 Å². The highest BCUT2D eigenvalue weighted by molar-refractivity contribution is 5.80. The summed E-state index contributed by atoms with van der Waals surface area (Å²) in [6.45, 7) is 8.17. The Hall–Kier alpha value is -1.98. The number of aromatic nitrogens is 2. The van der Waals surface area contributed by atoms with Crippen LogP contribution in [0.4, 0.5) is 0 Å². The number of hydrogen-bond acceptors (Lipinski definition) is 4. The Morgan fingerprint density at radius 1 is 1.15 bits per heavy atom. The van der Waals surface area contributed by atoms with E-state index < -0.39 is 0 Å². The Morgan fingerprint density at radius 3 is 2.42 bits per heavy atom. The summed E-state index contributed by atoms with van der Waals surface area (Å²) in [6, 6.07) is 0. The van der Waals surface area contributed by atoms with Gasteiger partial charge in [-0.05, 0) is 39.5 Å². The molecule has 1 aromatic heterocycles. The number of amides is 2. The molecular weight excluding hydrogens is 328 g/mol. The highest BCUT2D eigenvalue weighted by Crippen LogP contribution is 2.32. The molecule has 1 atom stereocenters. The van der Waals surface area contributed by atoms with Crippen molar-refractivity contribution in [3.8, 4) is 0 Å². The van der Waals surface area contributed by atoms with Crippen LogP contribution < -0.4 is 5.32 Å². The minimum atomic E-state index is 0.0209. The van der Waals surface area contributed by atoms with E-state index in [1.54, 1.807) is 0 Å². The second kappa shape index (κ2) is 8.14. The number of likely N-dealkylation sites (tertiary alicyclic amines) is 1. The number of nitrogens with one attached hydrogen (secondary N) is 1. The van der Waals surface area contributed by atoms with Gasteiger partial charge in [-0.3, -0.25) is 9.59 Å². The van der Waals surface area contributed by atoms with Gasteiger partial charge in [0.15, 0.2) is 0 Å². The van der Waals surface area contributed by atoms with E-state index in [-0.39, 0.29) is 17.7 Å². The summed E-state index contributed by atoms with van der Waals surface area (Å²) in [7, 11) is 0.